The van der Waals surface area contributed by atoms with Gasteiger partial charge in [0, 0.05) is 30.6 Å². The van der Waals surface area contributed by atoms with Gasteiger partial charge in [-0.25, -0.2) is 4.98 Å². The molecule has 0 spiro atoms. The molecular formula is C14H16N4O2. The number of nitrogens with one attached hydrogen (secondary N) is 1. The molecule has 1 unspecified atom stereocenters. The molecule has 6 heteroatoms. The van der Waals surface area contributed by atoms with E-state index in [0.717, 1.165) is 5.56 Å². The van der Waals surface area contributed by atoms with Crippen molar-refractivity contribution >= 4 is 17.5 Å². The highest BCUT2D eigenvalue weighted by atomic mass is 16.2. The predicted octanol–water partition coefficient (Wildman–Crippen LogP) is 1.55. The number of primary amides is 1. The average molecular weight is 272 g/mol. The summed E-state index contributed by atoms with van der Waals surface area (Å²) >= 11 is 0. The Morgan fingerprint density at radius 2 is 1.95 bits per heavy atom. The molecule has 0 radical (unpaired) electrons. The Morgan fingerprint density at radius 3 is 2.50 bits per heavy atom. The third-order valence-electron chi connectivity index (χ3n) is 2.96. The van der Waals surface area contributed by atoms with E-state index >= 15 is 0 Å². The quantitative estimate of drug-likeness (QED) is 0.884. The molecule has 1 atom stereocenters. The Labute approximate surface area is 116 Å². The SMILES string of the molecule is CC(=O)Nc1ccc(-c2nccn2C(C)C(N)=O)cc1. The summed E-state index contributed by atoms with van der Waals surface area (Å²) in [5.41, 5.74) is 6.87. The second kappa shape index (κ2) is 5.56. The summed E-state index contributed by atoms with van der Waals surface area (Å²) in [6.07, 6.45) is 3.34. The molecule has 1 aromatic heterocycles. The van der Waals surface area contributed by atoms with Crippen molar-refractivity contribution in [1.82, 2.24) is 9.55 Å². The lowest BCUT2D eigenvalue weighted by Gasteiger charge is -2.13. The largest absolute Gasteiger partial charge is 0.368 e. The number of rotatable bonds is 4. The summed E-state index contributed by atoms with van der Waals surface area (Å²) in [7, 11) is 0. The summed E-state index contributed by atoms with van der Waals surface area (Å²) in [5.74, 6) is 0.117. The van der Waals surface area contributed by atoms with Gasteiger partial charge in [0.1, 0.15) is 11.9 Å². The van der Waals surface area contributed by atoms with E-state index in [0.29, 0.717) is 11.5 Å². The second-order valence-electron chi connectivity index (χ2n) is 4.49. The van der Waals surface area contributed by atoms with Gasteiger partial charge in [0.15, 0.2) is 0 Å². The molecule has 20 heavy (non-hydrogen) atoms. The van der Waals surface area contributed by atoms with Crippen LogP contribution in [0.1, 0.15) is 19.9 Å². The highest BCUT2D eigenvalue weighted by Crippen LogP contribution is 2.22. The van der Waals surface area contributed by atoms with E-state index in [1.807, 2.05) is 12.1 Å². The number of carbonyl (C=O) groups excluding carboxylic acids is 2. The first-order valence-corrected chi connectivity index (χ1v) is 6.19. The Hall–Kier alpha value is -2.63. The van der Waals surface area contributed by atoms with Crippen LogP contribution in [0.2, 0.25) is 0 Å². The molecule has 0 aliphatic rings. The molecule has 0 bridgehead atoms. The molecule has 0 saturated heterocycles. The van der Waals surface area contributed by atoms with Gasteiger partial charge in [-0.15, -0.1) is 0 Å². The molecule has 0 saturated carbocycles. The van der Waals surface area contributed by atoms with E-state index in [9.17, 15) is 9.59 Å². The van der Waals surface area contributed by atoms with Crippen molar-refractivity contribution in [2.45, 2.75) is 19.9 Å². The van der Waals surface area contributed by atoms with Crippen LogP contribution < -0.4 is 11.1 Å². The van der Waals surface area contributed by atoms with Crippen molar-refractivity contribution in [3.05, 3.63) is 36.7 Å². The number of imidazole rings is 1. The highest BCUT2D eigenvalue weighted by Gasteiger charge is 2.15. The van der Waals surface area contributed by atoms with Crippen LogP contribution in [-0.2, 0) is 9.59 Å². The molecule has 0 fully saturated rings. The molecule has 1 heterocycles. The van der Waals surface area contributed by atoms with E-state index < -0.39 is 11.9 Å². The zero-order chi connectivity index (χ0) is 14.7. The number of nitrogens with zero attached hydrogens (tertiary/aromatic N) is 2. The summed E-state index contributed by atoms with van der Waals surface area (Å²) in [6, 6.07) is 6.76. The van der Waals surface area contributed by atoms with Gasteiger partial charge in [-0.1, -0.05) is 0 Å². The van der Waals surface area contributed by atoms with Gasteiger partial charge < -0.3 is 15.6 Å². The Morgan fingerprint density at radius 1 is 1.30 bits per heavy atom. The Bertz CT molecular complexity index is 631. The van der Waals surface area contributed by atoms with Crippen LogP contribution in [0.5, 0.6) is 0 Å². The van der Waals surface area contributed by atoms with Crippen LogP contribution in [0.15, 0.2) is 36.7 Å². The van der Waals surface area contributed by atoms with Crippen molar-refractivity contribution in [3.8, 4) is 11.4 Å². The Kier molecular flexibility index (Phi) is 3.84. The first kappa shape index (κ1) is 13.8. The maximum absolute atomic E-state index is 11.3. The second-order valence-corrected chi connectivity index (χ2v) is 4.49. The first-order valence-electron chi connectivity index (χ1n) is 6.19. The normalized spacial score (nSPS) is 11.9. The summed E-state index contributed by atoms with van der Waals surface area (Å²) in [6.45, 7) is 3.17. The van der Waals surface area contributed by atoms with E-state index in [2.05, 4.69) is 10.3 Å². The predicted molar refractivity (Wildman–Crippen MR) is 75.9 cm³/mol. The lowest BCUT2D eigenvalue weighted by Crippen LogP contribution is -2.24. The fourth-order valence-corrected chi connectivity index (χ4v) is 1.89. The standard InChI is InChI=1S/C14H16N4O2/c1-9(13(15)20)18-8-7-16-14(18)11-3-5-12(6-4-11)17-10(2)19/h3-9H,1-2H3,(H2,15,20)(H,17,19). The average Bonchev–Trinajstić information content (AvgIpc) is 2.87. The zero-order valence-corrected chi connectivity index (χ0v) is 11.3. The van der Waals surface area contributed by atoms with E-state index in [4.69, 9.17) is 5.73 Å². The minimum atomic E-state index is -0.470. The monoisotopic (exact) mass is 272 g/mol. The first-order chi connectivity index (χ1) is 9.49. The maximum Gasteiger partial charge on any atom is 0.240 e. The summed E-state index contributed by atoms with van der Waals surface area (Å²) in [4.78, 5) is 26.5. The topological polar surface area (TPSA) is 90.0 Å². The molecule has 0 aliphatic carbocycles. The van der Waals surface area contributed by atoms with Crippen LogP contribution in [0, 0.1) is 0 Å². The van der Waals surface area contributed by atoms with Crippen molar-refractivity contribution in [2.24, 2.45) is 5.73 Å². The van der Waals surface area contributed by atoms with E-state index in [1.54, 1.807) is 36.0 Å². The van der Waals surface area contributed by atoms with Crippen molar-refractivity contribution in [1.29, 1.82) is 0 Å². The van der Waals surface area contributed by atoms with Crippen LogP contribution in [-0.4, -0.2) is 21.4 Å². The zero-order valence-electron chi connectivity index (χ0n) is 11.3. The molecule has 1 aromatic carbocycles. The maximum atomic E-state index is 11.3. The molecule has 104 valence electrons. The fourth-order valence-electron chi connectivity index (χ4n) is 1.89. The van der Waals surface area contributed by atoms with Crippen LogP contribution >= 0.6 is 0 Å². The minimum Gasteiger partial charge on any atom is -0.368 e. The van der Waals surface area contributed by atoms with E-state index in [1.165, 1.54) is 6.92 Å². The van der Waals surface area contributed by atoms with Crippen molar-refractivity contribution in [2.75, 3.05) is 5.32 Å². The third kappa shape index (κ3) is 2.85. The fraction of sp³-hybridized carbons (Fsp3) is 0.214. The van der Waals surface area contributed by atoms with Gasteiger partial charge in [0.05, 0.1) is 0 Å². The smallest absolute Gasteiger partial charge is 0.240 e. The van der Waals surface area contributed by atoms with Crippen molar-refractivity contribution < 1.29 is 9.59 Å². The lowest BCUT2D eigenvalue weighted by molar-refractivity contribution is -0.120. The van der Waals surface area contributed by atoms with Gasteiger partial charge in [-0.05, 0) is 31.2 Å². The number of carbonyl (C=O) groups is 2. The van der Waals surface area contributed by atoms with Crippen molar-refractivity contribution in [3.63, 3.8) is 0 Å². The van der Waals surface area contributed by atoms with Gasteiger partial charge >= 0.3 is 0 Å². The number of hydrogen-bond donors (Lipinski definition) is 2. The van der Waals surface area contributed by atoms with Crippen LogP contribution in [0.4, 0.5) is 5.69 Å². The molecule has 2 amide bonds. The molecule has 0 aliphatic heterocycles. The number of amides is 2. The number of aromatic nitrogens is 2. The molecule has 2 aromatic rings. The van der Waals surface area contributed by atoms with E-state index in [-0.39, 0.29) is 5.91 Å². The highest BCUT2D eigenvalue weighted by molar-refractivity contribution is 5.88. The van der Waals surface area contributed by atoms with Gasteiger partial charge in [-0.3, -0.25) is 9.59 Å². The number of benzene rings is 1. The number of hydrogen-bond acceptors (Lipinski definition) is 3. The third-order valence-corrected chi connectivity index (χ3v) is 2.96. The molecular weight excluding hydrogens is 256 g/mol. The summed E-state index contributed by atoms with van der Waals surface area (Å²) in [5, 5.41) is 2.69. The molecule has 6 nitrogen and oxygen atoms in total. The molecule has 3 N–H and O–H groups in total. The van der Waals surface area contributed by atoms with Crippen LogP contribution in [0.25, 0.3) is 11.4 Å². The molecule has 2 rings (SSSR count). The van der Waals surface area contributed by atoms with Gasteiger partial charge in [0.25, 0.3) is 0 Å². The minimum absolute atomic E-state index is 0.124. The Balaban J connectivity index is 2.31. The summed E-state index contributed by atoms with van der Waals surface area (Å²) < 4.78 is 1.72. The number of nitrogens with two attached hydrogens (primary N) is 1. The lowest BCUT2D eigenvalue weighted by atomic mass is 10.2. The van der Waals surface area contributed by atoms with Gasteiger partial charge in [0.2, 0.25) is 11.8 Å². The number of anilines is 1. The van der Waals surface area contributed by atoms with Gasteiger partial charge in [-0.2, -0.15) is 0 Å². The van der Waals surface area contributed by atoms with Crippen LogP contribution in [0.3, 0.4) is 0 Å².